The van der Waals surface area contributed by atoms with Crippen molar-refractivity contribution in [2.45, 2.75) is 44.6 Å². The van der Waals surface area contributed by atoms with E-state index in [9.17, 15) is 9.90 Å². The van der Waals surface area contributed by atoms with Crippen LogP contribution in [0.25, 0.3) is 0 Å². The van der Waals surface area contributed by atoms with Gasteiger partial charge in [-0.3, -0.25) is 4.79 Å². The summed E-state index contributed by atoms with van der Waals surface area (Å²) in [5.41, 5.74) is 2.15. The molecule has 1 aromatic heterocycles. The first-order valence-electron chi connectivity index (χ1n) is 13.0. The number of aliphatic hydroxyl groups excluding tert-OH is 1. The van der Waals surface area contributed by atoms with Crippen LogP contribution in [-0.2, 0) is 0 Å². The molecule has 1 saturated carbocycles. The minimum atomic E-state index is -0.559. The maximum Gasteiger partial charge on any atom is 0.229 e. The van der Waals surface area contributed by atoms with Crippen molar-refractivity contribution in [3.63, 3.8) is 0 Å². The molecule has 196 valence electrons. The van der Waals surface area contributed by atoms with Gasteiger partial charge in [0.1, 0.15) is 24.3 Å². The van der Waals surface area contributed by atoms with Gasteiger partial charge < -0.3 is 25.4 Å². The topological polar surface area (TPSA) is 99.6 Å². The number of benzene rings is 2. The summed E-state index contributed by atoms with van der Waals surface area (Å²) in [4.78, 5) is 24.1. The van der Waals surface area contributed by atoms with E-state index in [-0.39, 0.29) is 12.4 Å². The maximum absolute atomic E-state index is 13.1. The maximum atomic E-state index is 13.1. The second-order valence-electron chi connectivity index (χ2n) is 9.94. The Morgan fingerprint density at radius 3 is 2.46 bits per heavy atom. The first kappa shape index (κ1) is 26.6. The number of carbonyl (C=O) groups excluding carboxylic acids is 1. The van der Waals surface area contributed by atoms with Crippen molar-refractivity contribution in [2.24, 2.45) is 5.92 Å². The van der Waals surface area contributed by atoms with Gasteiger partial charge in [0.15, 0.2) is 5.78 Å². The van der Waals surface area contributed by atoms with Crippen molar-refractivity contribution in [1.29, 1.82) is 0 Å². The quantitative estimate of drug-likeness (QED) is 0.266. The Kier molecular flexibility index (Phi) is 9.46. The molecule has 0 bridgehead atoms. The molecule has 0 saturated heterocycles. The molecule has 1 fully saturated rings. The fourth-order valence-electron chi connectivity index (χ4n) is 4.60. The Morgan fingerprint density at radius 1 is 1.05 bits per heavy atom. The number of para-hydroxylation sites is 1. The van der Waals surface area contributed by atoms with Crippen molar-refractivity contribution >= 4 is 28.9 Å². The van der Waals surface area contributed by atoms with Crippen molar-refractivity contribution in [1.82, 2.24) is 14.9 Å². The standard InChI is InChI=1S/C29H37N5O3/c1-34(2)19-24(35)20-37-25-15-13-23(14-16-25)32-29-30-18-26(27(36)17-12-21-8-6-7-9-21)28(33-29)31-22-10-4-3-5-11-22/h3-5,10-11,13-16,18,21,24,35H,6-9,12,17,19-20H2,1-2H3,(H2,30,31,32,33). The summed E-state index contributed by atoms with van der Waals surface area (Å²) in [6.07, 6.45) is 7.48. The highest BCUT2D eigenvalue weighted by atomic mass is 16.5. The summed E-state index contributed by atoms with van der Waals surface area (Å²) < 4.78 is 5.68. The zero-order valence-corrected chi connectivity index (χ0v) is 21.7. The van der Waals surface area contributed by atoms with E-state index >= 15 is 0 Å². The molecule has 1 aliphatic rings. The van der Waals surface area contributed by atoms with Crippen LogP contribution in [0.1, 0.15) is 48.9 Å². The van der Waals surface area contributed by atoms with E-state index in [2.05, 4.69) is 20.6 Å². The number of Topliss-reactive ketones (excluding diaryl/α,β-unsaturated/α-hetero) is 1. The van der Waals surface area contributed by atoms with Gasteiger partial charge in [-0.25, -0.2) is 4.98 Å². The highest BCUT2D eigenvalue weighted by molar-refractivity contribution is 6.00. The number of nitrogens with zero attached hydrogens (tertiary/aromatic N) is 3. The number of hydrogen-bond acceptors (Lipinski definition) is 8. The first-order chi connectivity index (χ1) is 18.0. The predicted molar refractivity (Wildman–Crippen MR) is 147 cm³/mol. The predicted octanol–water partition coefficient (Wildman–Crippen LogP) is 5.42. The number of nitrogens with one attached hydrogen (secondary N) is 2. The summed E-state index contributed by atoms with van der Waals surface area (Å²) in [5.74, 6) is 2.27. The van der Waals surface area contributed by atoms with Crippen molar-refractivity contribution in [3.05, 3.63) is 66.4 Å². The molecule has 2 aromatic carbocycles. The zero-order chi connectivity index (χ0) is 26.0. The van der Waals surface area contributed by atoms with Gasteiger partial charge in [0.2, 0.25) is 5.95 Å². The van der Waals surface area contributed by atoms with Gasteiger partial charge in [-0.2, -0.15) is 4.98 Å². The summed E-state index contributed by atoms with van der Waals surface area (Å²) in [6.45, 7) is 0.758. The largest absolute Gasteiger partial charge is 0.491 e. The molecule has 0 amide bonds. The molecule has 3 aromatic rings. The summed E-state index contributed by atoms with van der Waals surface area (Å²) in [5, 5.41) is 16.5. The van der Waals surface area contributed by atoms with Crippen LogP contribution in [0, 0.1) is 5.92 Å². The molecule has 1 heterocycles. The molecule has 8 nitrogen and oxygen atoms in total. The highest BCUT2D eigenvalue weighted by Gasteiger charge is 2.20. The normalized spacial score (nSPS) is 14.5. The first-order valence-corrected chi connectivity index (χ1v) is 13.0. The van der Waals surface area contributed by atoms with Crippen LogP contribution in [-0.4, -0.2) is 59.1 Å². The Morgan fingerprint density at radius 2 is 1.76 bits per heavy atom. The number of carbonyl (C=O) groups is 1. The van der Waals surface area contributed by atoms with Crippen molar-refractivity contribution < 1.29 is 14.6 Å². The lowest BCUT2D eigenvalue weighted by molar-refractivity contribution is 0.0831. The van der Waals surface area contributed by atoms with Gasteiger partial charge >= 0.3 is 0 Å². The summed E-state index contributed by atoms with van der Waals surface area (Å²) in [7, 11) is 3.82. The smallest absolute Gasteiger partial charge is 0.229 e. The third-order valence-electron chi connectivity index (χ3n) is 6.51. The number of ketones is 1. The second-order valence-corrected chi connectivity index (χ2v) is 9.94. The number of ether oxygens (including phenoxy) is 1. The SMILES string of the molecule is CN(C)CC(O)COc1ccc(Nc2ncc(C(=O)CCC3CCCC3)c(Nc3ccccc3)n2)cc1. The molecular weight excluding hydrogens is 466 g/mol. The van der Waals surface area contributed by atoms with Crippen LogP contribution in [0.4, 0.5) is 23.1 Å². The van der Waals surface area contributed by atoms with E-state index in [4.69, 9.17) is 4.74 Å². The number of aromatic nitrogens is 2. The van der Waals surface area contributed by atoms with Gasteiger partial charge in [-0.1, -0.05) is 43.9 Å². The molecule has 0 aliphatic heterocycles. The van der Waals surface area contributed by atoms with E-state index in [0.717, 1.165) is 17.8 Å². The Labute approximate surface area is 219 Å². The lowest BCUT2D eigenvalue weighted by Gasteiger charge is -2.16. The number of likely N-dealkylation sites (N-methyl/N-ethyl adjacent to an activating group) is 1. The van der Waals surface area contributed by atoms with Crippen LogP contribution >= 0.6 is 0 Å². The third kappa shape index (κ3) is 8.27. The van der Waals surface area contributed by atoms with Gasteiger partial charge in [0.05, 0.1) is 5.56 Å². The zero-order valence-electron chi connectivity index (χ0n) is 21.7. The van der Waals surface area contributed by atoms with Crippen LogP contribution in [0.3, 0.4) is 0 Å². The fourth-order valence-corrected chi connectivity index (χ4v) is 4.60. The van der Waals surface area contributed by atoms with Gasteiger partial charge in [-0.15, -0.1) is 0 Å². The molecule has 3 N–H and O–H groups in total. The van der Waals surface area contributed by atoms with Gasteiger partial charge in [0.25, 0.3) is 0 Å². The molecule has 0 radical (unpaired) electrons. The van der Waals surface area contributed by atoms with E-state index < -0.39 is 6.10 Å². The lowest BCUT2D eigenvalue weighted by atomic mass is 9.98. The molecule has 0 spiro atoms. The summed E-state index contributed by atoms with van der Waals surface area (Å²) in [6, 6.07) is 17.1. The second kappa shape index (κ2) is 13.2. The molecular formula is C29H37N5O3. The van der Waals surface area contributed by atoms with Crippen LogP contribution in [0.5, 0.6) is 5.75 Å². The van der Waals surface area contributed by atoms with E-state index in [1.807, 2.05) is 73.6 Å². The Hall–Kier alpha value is -3.49. The number of aliphatic hydroxyl groups is 1. The van der Waals surface area contributed by atoms with Gasteiger partial charge in [0, 0.05) is 30.5 Å². The Bertz CT molecular complexity index is 1130. The molecule has 37 heavy (non-hydrogen) atoms. The van der Waals surface area contributed by atoms with Crippen molar-refractivity contribution in [2.75, 3.05) is 37.9 Å². The minimum absolute atomic E-state index is 0.0647. The fraction of sp³-hybridized carbons (Fsp3) is 0.414. The van der Waals surface area contributed by atoms with E-state index in [1.54, 1.807) is 6.20 Å². The number of rotatable bonds is 13. The molecule has 1 unspecified atom stereocenters. The minimum Gasteiger partial charge on any atom is -0.491 e. The van der Waals surface area contributed by atoms with E-state index in [0.29, 0.717) is 42.0 Å². The summed E-state index contributed by atoms with van der Waals surface area (Å²) >= 11 is 0. The third-order valence-corrected chi connectivity index (χ3v) is 6.51. The number of hydrogen-bond donors (Lipinski definition) is 3. The average molecular weight is 504 g/mol. The molecule has 8 heteroatoms. The van der Waals surface area contributed by atoms with Crippen LogP contribution in [0.2, 0.25) is 0 Å². The van der Waals surface area contributed by atoms with E-state index in [1.165, 1.54) is 25.7 Å². The molecule has 1 aliphatic carbocycles. The van der Waals surface area contributed by atoms with Crippen LogP contribution < -0.4 is 15.4 Å². The molecule has 4 rings (SSSR count). The van der Waals surface area contributed by atoms with Crippen molar-refractivity contribution in [3.8, 4) is 5.75 Å². The monoisotopic (exact) mass is 503 g/mol. The lowest BCUT2D eigenvalue weighted by Crippen LogP contribution is -2.30. The van der Waals surface area contributed by atoms with Crippen LogP contribution in [0.15, 0.2) is 60.8 Å². The highest BCUT2D eigenvalue weighted by Crippen LogP contribution is 2.30. The Balaban J connectivity index is 1.43. The molecule has 1 atom stereocenters. The van der Waals surface area contributed by atoms with Gasteiger partial charge in [-0.05, 0) is 62.8 Å². The average Bonchev–Trinajstić information content (AvgIpc) is 3.41. The number of anilines is 4.